The zero-order chi connectivity index (χ0) is 15.1. The maximum Gasteiger partial charge on any atom is 0.248 e. The highest BCUT2D eigenvalue weighted by Crippen LogP contribution is 2.25. The van der Waals surface area contributed by atoms with Gasteiger partial charge in [0.2, 0.25) is 5.91 Å². The molecule has 6 heteroatoms. The summed E-state index contributed by atoms with van der Waals surface area (Å²) in [6, 6.07) is 5.78. The summed E-state index contributed by atoms with van der Waals surface area (Å²) in [7, 11) is 1.80. The topological polar surface area (TPSA) is 55.6 Å². The Labute approximate surface area is 128 Å². The minimum Gasteiger partial charge on any atom is -0.365 e. The predicted molar refractivity (Wildman–Crippen MR) is 82.0 cm³/mol. The Bertz CT molecular complexity index is 551. The van der Waals surface area contributed by atoms with E-state index in [0.29, 0.717) is 5.69 Å². The summed E-state index contributed by atoms with van der Waals surface area (Å²) in [5.41, 5.74) is 0.697. The molecule has 0 saturated heterocycles. The Balaban J connectivity index is 1.75. The van der Waals surface area contributed by atoms with Crippen LogP contribution >= 0.6 is 11.3 Å². The van der Waals surface area contributed by atoms with Crippen molar-refractivity contribution in [2.75, 3.05) is 20.2 Å². The molecule has 0 radical (unpaired) electrons. The van der Waals surface area contributed by atoms with Crippen LogP contribution in [0.5, 0.6) is 0 Å². The van der Waals surface area contributed by atoms with Crippen LogP contribution in [0.2, 0.25) is 0 Å². The lowest BCUT2D eigenvalue weighted by Gasteiger charge is -2.16. The number of hydrogen-bond acceptors (Lipinski definition) is 5. The molecule has 5 nitrogen and oxygen atoms in total. The van der Waals surface area contributed by atoms with Gasteiger partial charge < -0.3 is 14.2 Å². The number of nitrogens with zero attached hydrogens (tertiary/aromatic N) is 2. The lowest BCUT2D eigenvalue weighted by atomic mass is 10.3. The molecular formula is C15H20N2O3S. The van der Waals surface area contributed by atoms with Crippen LogP contribution in [0.1, 0.15) is 25.5 Å². The quantitative estimate of drug-likeness (QED) is 0.751. The van der Waals surface area contributed by atoms with E-state index in [-0.39, 0.29) is 19.1 Å². The maximum absolute atomic E-state index is 11.8. The molecule has 0 fully saturated rings. The van der Waals surface area contributed by atoms with Gasteiger partial charge >= 0.3 is 0 Å². The van der Waals surface area contributed by atoms with Crippen LogP contribution in [0.25, 0.3) is 10.6 Å². The summed E-state index contributed by atoms with van der Waals surface area (Å²) in [6.07, 6.45) is 2.08. The number of hydrogen-bond donors (Lipinski definition) is 0. The number of amides is 1. The first-order valence-electron chi connectivity index (χ1n) is 7.02. The molecule has 0 unspecified atom stereocenters. The molecule has 0 aliphatic carbocycles. The van der Waals surface area contributed by atoms with Crippen molar-refractivity contribution in [2.45, 2.75) is 26.4 Å². The fourth-order valence-corrected chi connectivity index (χ4v) is 2.46. The Kier molecular flexibility index (Phi) is 5.95. The molecule has 2 aromatic rings. The standard InChI is InChI=1S/C15H20N2O3S/c1-3-4-7-17(2)15(18)11-19-10-12-9-13(20-16-12)14-6-5-8-21-14/h5-6,8-9H,3-4,7,10-11H2,1-2H3. The molecule has 2 heterocycles. The van der Waals surface area contributed by atoms with Gasteiger partial charge in [0.15, 0.2) is 5.76 Å². The van der Waals surface area contributed by atoms with Crippen molar-refractivity contribution in [3.05, 3.63) is 29.3 Å². The zero-order valence-corrected chi connectivity index (χ0v) is 13.2. The average molecular weight is 308 g/mol. The van der Waals surface area contributed by atoms with Crippen molar-refractivity contribution in [1.82, 2.24) is 10.1 Å². The van der Waals surface area contributed by atoms with E-state index in [1.54, 1.807) is 23.3 Å². The van der Waals surface area contributed by atoms with Crippen LogP contribution in [0.4, 0.5) is 0 Å². The van der Waals surface area contributed by atoms with Gasteiger partial charge in [-0.2, -0.15) is 0 Å². The van der Waals surface area contributed by atoms with E-state index in [0.717, 1.165) is 30.0 Å². The number of carbonyl (C=O) groups is 1. The molecule has 0 spiro atoms. The van der Waals surface area contributed by atoms with Crippen molar-refractivity contribution >= 4 is 17.2 Å². The van der Waals surface area contributed by atoms with E-state index in [2.05, 4.69) is 12.1 Å². The van der Waals surface area contributed by atoms with Crippen LogP contribution in [-0.4, -0.2) is 36.2 Å². The van der Waals surface area contributed by atoms with E-state index in [1.807, 2.05) is 23.6 Å². The summed E-state index contributed by atoms with van der Waals surface area (Å²) >= 11 is 1.59. The second-order valence-corrected chi connectivity index (χ2v) is 5.77. The van der Waals surface area contributed by atoms with Gasteiger partial charge in [0.05, 0.1) is 11.5 Å². The third-order valence-corrected chi connectivity index (χ3v) is 3.96. The normalized spacial score (nSPS) is 10.8. The van der Waals surface area contributed by atoms with Gasteiger partial charge in [-0.05, 0) is 17.9 Å². The molecule has 0 aliphatic rings. The van der Waals surface area contributed by atoms with Crippen molar-refractivity contribution in [3.63, 3.8) is 0 Å². The Hall–Kier alpha value is -1.66. The molecular weight excluding hydrogens is 288 g/mol. The highest BCUT2D eigenvalue weighted by molar-refractivity contribution is 7.13. The highest BCUT2D eigenvalue weighted by atomic mass is 32.1. The van der Waals surface area contributed by atoms with Gasteiger partial charge in [0.25, 0.3) is 0 Å². The fourth-order valence-electron chi connectivity index (χ4n) is 1.79. The molecule has 0 N–H and O–H groups in total. The van der Waals surface area contributed by atoms with Gasteiger partial charge in [0, 0.05) is 19.7 Å². The van der Waals surface area contributed by atoms with E-state index in [1.165, 1.54) is 0 Å². The number of aromatic nitrogens is 1. The van der Waals surface area contributed by atoms with Gasteiger partial charge in [-0.3, -0.25) is 4.79 Å². The fraction of sp³-hybridized carbons (Fsp3) is 0.467. The lowest BCUT2D eigenvalue weighted by molar-refractivity contribution is -0.135. The summed E-state index contributed by atoms with van der Waals surface area (Å²) in [5, 5.41) is 5.93. The lowest BCUT2D eigenvalue weighted by Crippen LogP contribution is -2.31. The molecule has 2 rings (SSSR count). The SMILES string of the molecule is CCCCN(C)C(=O)COCc1cc(-c2cccs2)on1. The van der Waals surface area contributed by atoms with E-state index in [4.69, 9.17) is 9.26 Å². The van der Waals surface area contributed by atoms with Gasteiger partial charge in [-0.15, -0.1) is 11.3 Å². The number of rotatable bonds is 8. The second-order valence-electron chi connectivity index (χ2n) is 4.82. The van der Waals surface area contributed by atoms with Crippen LogP contribution < -0.4 is 0 Å². The summed E-state index contributed by atoms with van der Waals surface area (Å²) in [6.45, 7) is 3.22. The Morgan fingerprint density at radius 1 is 1.52 bits per heavy atom. The second kappa shape index (κ2) is 7.95. The van der Waals surface area contributed by atoms with Crippen molar-refractivity contribution in [1.29, 1.82) is 0 Å². The van der Waals surface area contributed by atoms with Crippen LogP contribution in [0.15, 0.2) is 28.1 Å². The van der Waals surface area contributed by atoms with E-state index < -0.39 is 0 Å². The van der Waals surface area contributed by atoms with E-state index in [9.17, 15) is 4.79 Å². The minimum atomic E-state index is -0.00887. The number of unbranched alkanes of at least 4 members (excludes halogenated alkanes) is 1. The van der Waals surface area contributed by atoms with Gasteiger partial charge in [0.1, 0.15) is 12.3 Å². The first-order valence-corrected chi connectivity index (χ1v) is 7.90. The molecule has 21 heavy (non-hydrogen) atoms. The molecule has 0 atom stereocenters. The molecule has 0 aromatic carbocycles. The predicted octanol–water partition coefficient (Wildman–Crippen LogP) is 3.18. The number of ether oxygens (including phenoxy) is 1. The molecule has 0 saturated carbocycles. The zero-order valence-electron chi connectivity index (χ0n) is 12.4. The van der Waals surface area contributed by atoms with Gasteiger partial charge in [-0.25, -0.2) is 0 Å². The van der Waals surface area contributed by atoms with Crippen LogP contribution in [-0.2, 0) is 16.1 Å². The van der Waals surface area contributed by atoms with Crippen molar-refractivity contribution in [3.8, 4) is 10.6 Å². The van der Waals surface area contributed by atoms with Crippen LogP contribution in [0, 0.1) is 0 Å². The van der Waals surface area contributed by atoms with Gasteiger partial charge in [-0.1, -0.05) is 24.6 Å². The third kappa shape index (κ3) is 4.68. The van der Waals surface area contributed by atoms with Crippen LogP contribution in [0.3, 0.4) is 0 Å². The molecule has 2 aromatic heterocycles. The summed E-state index contributed by atoms with van der Waals surface area (Å²) in [4.78, 5) is 14.5. The maximum atomic E-state index is 11.8. The average Bonchev–Trinajstić information content (AvgIpc) is 3.15. The Morgan fingerprint density at radius 2 is 2.38 bits per heavy atom. The number of thiophene rings is 1. The monoisotopic (exact) mass is 308 g/mol. The summed E-state index contributed by atoms with van der Waals surface area (Å²) < 4.78 is 10.7. The Morgan fingerprint density at radius 3 is 3.10 bits per heavy atom. The smallest absolute Gasteiger partial charge is 0.248 e. The molecule has 0 aliphatic heterocycles. The number of carbonyl (C=O) groups excluding carboxylic acids is 1. The highest BCUT2D eigenvalue weighted by Gasteiger charge is 2.10. The largest absolute Gasteiger partial charge is 0.365 e. The number of likely N-dealkylation sites (N-methyl/N-ethyl adjacent to an activating group) is 1. The first kappa shape index (κ1) is 15.7. The molecule has 114 valence electrons. The minimum absolute atomic E-state index is 0.00887. The summed E-state index contributed by atoms with van der Waals surface area (Å²) in [5.74, 6) is 0.723. The van der Waals surface area contributed by atoms with Crippen molar-refractivity contribution in [2.24, 2.45) is 0 Å². The van der Waals surface area contributed by atoms with Crippen molar-refractivity contribution < 1.29 is 14.1 Å². The van der Waals surface area contributed by atoms with E-state index >= 15 is 0 Å². The first-order chi connectivity index (χ1) is 10.2. The molecule has 1 amide bonds. The molecule has 0 bridgehead atoms. The third-order valence-electron chi connectivity index (χ3n) is 3.07.